The zero-order chi connectivity index (χ0) is 16.2. The Kier molecular flexibility index (Phi) is 6.76. The number of hydrogen-bond donors (Lipinski definition) is 0. The van der Waals surface area contributed by atoms with Crippen molar-refractivity contribution in [1.82, 2.24) is 9.80 Å². The van der Waals surface area contributed by atoms with E-state index in [2.05, 4.69) is 44.5 Å². The Balaban J connectivity index is 0.000000164. The van der Waals surface area contributed by atoms with Gasteiger partial charge in [0.25, 0.3) is 0 Å². The van der Waals surface area contributed by atoms with E-state index in [1.165, 1.54) is 71.0 Å². The van der Waals surface area contributed by atoms with Crippen molar-refractivity contribution in [3.05, 3.63) is 0 Å². The Morgan fingerprint density at radius 1 is 0.909 bits per heavy atom. The molecule has 130 valence electrons. The molecule has 0 aromatic carbocycles. The van der Waals surface area contributed by atoms with E-state index in [4.69, 9.17) is 0 Å². The Labute approximate surface area is 139 Å². The van der Waals surface area contributed by atoms with Gasteiger partial charge in [-0.1, -0.05) is 27.7 Å². The van der Waals surface area contributed by atoms with Crippen LogP contribution in [0.5, 0.6) is 0 Å². The summed E-state index contributed by atoms with van der Waals surface area (Å²) < 4.78 is 0. The zero-order valence-electron chi connectivity index (χ0n) is 15.9. The van der Waals surface area contributed by atoms with E-state index in [1.54, 1.807) is 0 Å². The summed E-state index contributed by atoms with van der Waals surface area (Å²) in [6, 6.07) is 0.889. The van der Waals surface area contributed by atoms with Crippen molar-refractivity contribution in [2.24, 2.45) is 11.8 Å². The molecule has 3 aliphatic rings. The van der Waals surface area contributed by atoms with E-state index in [9.17, 15) is 0 Å². The molecule has 1 unspecified atom stereocenters. The molecular weight excluding hydrogens is 268 g/mol. The number of rotatable bonds is 4. The Bertz CT molecular complexity index is 314. The summed E-state index contributed by atoms with van der Waals surface area (Å²) in [6.07, 6.45) is 11.5. The largest absolute Gasteiger partial charge is 0.303 e. The van der Waals surface area contributed by atoms with Gasteiger partial charge in [-0.2, -0.15) is 0 Å². The summed E-state index contributed by atoms with van der Waals surface area (Å²) >= 11 is 0. The molecule has 0 aromatic rings. The molecule has 3 fully saturated rings. The van der Waals surface area contributed by atoms with E-state index >= 15 is 0 Å². The van der Waals surface area contributed by atoms with Gasteiger partial charge >= 0.3 is 0 Å². The molecule has 1 atom stereocenters. The van der Waals surface area contributed by atoms with Gasteiger partial charge in [-0.25, -0.2) is 0 Å². The van der Waals surface area contributed by atoms with Crippen LogP contribution in [0.3, 0.4) is 0 Å². The molecule has 3 saturated heterocycles. The fraction of sp³-hybridized carbons (Fsp3) is 1.00. The average molecular weight is 309 g/mol. The summed E-state index contributed by atoms with van der Waals surface area (Å²) in [5.74, 6) is 1.74. The molecule has 0 N–H and O–H groups in total. The SMILES string of the molecule is CC(C)CC12CCCN1CCC2.CC(C)CC1CCCN1C. The lowest BCUT2D eigenvalue weighted by Gasteiger charge is -2.33. The standard InChI is InChI=1S/C11H21N.C9H19N/c1-10(2)9-11-5-3-7-12(11)8-4-6-11;1-8(2)7-9-5-4-6-10(9)3/h10H,3-9H2,1-2H3;8-9H,4-7H2,1-3H3. The van der Waals surface area contributed by atoms with Crippen LogP contribution in [0.15, 0.2) is 0 Å². The van der Waals surface area contributed by atoms with Crippen LogP contribution in [0.25, 0.3) is 0 Å². The first kappa shape index (κ1) is 18.3. The summed E-state index contributed by atoms with van der Waals surface area (Å²) in [6.45, 7) is 13.4. The second-order valence-electron chi connectivity index (χ2n) is 8.92. The van der Waals surface area contributed by atoms with Crippen LogP contribution in [0, 0.1) is 11.8 Å². The first-order chi connectivity index (χ1) is 10.4. The van der Waals surface area contributed by atoms with Gasteiger partial charge in [0, 0.05) is 11.6 Å². The summed E-state index contributed by atoms with van der Waals surface area (Å²) in [4.78, 5) is 5.26. The molecule has 2 nitrogen and oxygen atoms in total. The van der Waals surface area contributed by atoms with E-state index in [1.807, 2.05) is 0 Å². The van der Waals surface area contributed by atoms with Crippen molar-refractivity contribution in [2.45, 2.75) is 90.6 Å². The molecule has 0 bridgehead atoms. The Morgan fingerprint density at radius 3 is 2.00 bits per heavy atom. The zero-order valence-corrected chi connectivity index (χ0v) is 15.9. The second kappa shape index (κ2) is 8.15. The van der Waals surface area contributed by atoms with Crippen LogP contribution >= 0.6 is 0 Å². The quantitative estimate of drug-likeness (QED) is 0.737. The highest BCUT2D eigenvalue weighted by atomic mass is 15.2. The third-order valence-electron chi connectivity index (χ3n) is 6.01. The van der Waals surface area contributed by atoms with Gasteiger partial charge in [-0.3, -0.25) is 4.90 Å². The Hall–Kier alpha value is -0.0800. The summed E-state index contributed by atoms with van der Waals surface area (Å²) in [7, 11) is 2.25. The van der Waals surface area contributed by atoms with Crippen LogP contribution in [0.4, 0.5) is 0 Å². The minimum atomic E-state index is 0.661. The summed E-state index contributed by atoms with van der Waals surface area (Å²) in [5.41, 5.74) is 0.661. The van der Waals surface area contributed by atoms with Crippen molar-refractivity contribution in [2.75, 3.05) is 26.7 Å². The molecule has 0 saturated carbocycles. The molecule has 3 rings (SSSR count). The molecular formula is C20H40N2. The topological polar surface area (TPSA) is 6.48 Å². The third kappa shape index (κ3) is 4.71. The fourth-order valence-electron chi connectivity index (χ4n) is 5.14. The molecule has 2 heteroatoms. The maximum atomic E-state index is 2.76. The Morgan fingerprint density at radius 2 is 1.55 bits per heavy atom. The van der Waals surface area contributed by atoms with E-state index in [-0.39, 0.29) is 0 Å². The molecule has 0 aromatic heterocycles. The summed E-state index contributed by atoms with van der Waals surface area (Å²) in [5, 5.41) is 0. The molecule has 22 heavy (non-hydrogen) atoms. The van der Waals surface area contributed by atoms with Crippen LogP contribution in [-0.2, 0) is 0 Å². The molecule has 3 heterocycles. The smallest absolute Gasteiger partial charge is 0.0213 e. The van der Waals surface area contributed by atoms with Crippen LogP contribution in [0.2, 0.25) is 0 Å². The molecule has 0 radical (unpaired) electrons. The van der Waals surface area contributed by atoms with Crippen molar-refractivity contribution in [3.8, 4) is 0 Å². The first-order valence-electron chi connectivity index (χ1n) is 9.88. The average Bonchev–Trinajstić information content (AvgIpc) is 3.05. The maximum Gasteiger partial charge on any atom is 0.0213 e. The lowest BCUT2D eigenvalue weighted by molar-refractivity contribution is 0.163. The number of fused-ring (bicyclic) bond motifs is 1. The molecule has 3 aliphatic heterocycles. The van der Waals surface area contributed by atoms with Gasteiger partial charge in [0.05, 0.1) is 0 Å². The lowest BCUT2D eigenvalue weighted by Crippen LogP contribution is -2.39. The highest BCUT2D eigenvalue weighted by Gasteiger charge is 2.43. The first-order valence-corrected chi connectivity index (χ1v) is 9.88. The van der Waals surface area contributed by atoms with Gasteiger partial charge in [0.15, 0.2) is 0 Å². The van der Waals surface area contributed by atoms with Crippen LogP contribution in [0.1, 0.15) is 79.1 Å². The lowest BCUT2D eigenvalue weighted by atomic mass is 9.85. The minimum absolute atomic E-state index is 0.661. The van der Waals surface area contributed by atoms with Gasteiger partial charge in [-0.05, 0) is 89.9 Å². The highest BCUT2D eigenvalue weighted by Crippen LogP contribution is 2.42. The minimum Gasteiger partial charge on any atom is -0.303 e. The van der Waals surface area contributed by atoms with Crippen molar-refractivity contribution >= 4 is 0 Å². The predicted octanol–water partition coefficient (Wildman–Crippen LogP) is 4.79. The van der Waals surface area contributed by atoms with Crippen molar-refractivity contribution < 1.29 is 0 Å². The van der Waals surface area contributed by atoms with Gasteiger partial charge < -0.3 is 4.90 Å². The molecule has 0 spiro atoms. The predicted molar refractivity (Wildman–Crippen MR) is 97.3 cm³/mol. The van der Waals surface area contributed by atoms with E-state index in [0.717, 1.165) is 17.9 Å². The molecule has 0 amide bonds. The van der Waals surface area contributed by atoms with Crippen LogP contribution in [-0.4, -0.2) is 48.1 Å². The van der Waals surface area contributed by atoms with Crippen molar-refractivity contribution in [1.29, 1.82) is 0 Å². The van der Waals surface area contributed by atoms with Crippen LogP contribution < -0.4 is 0 Å². The third-order valence-corrected chi connectivity index (χ3v) is 6.01. The number of nitrogens with zero attached hydrogens (tertiary/aromatic N) is 2. The van der Waals surface area contributed by atoms with Crippen molar-refractivity contribution in [3.63, 3.8) is 0 Å². The van der Waals surface area contributed by atoms with E-state index < -0.39 is 0 Å². The van der Waals surface area contributed by atoms with Gasteiger partial charge in [-0.15, -0.1) is 0 Å². The van der Waals surface area contributed by atoms with Gasteiger partial charge in [0.1, 0.15) is 0 Å². The monoisotopic (exact) mass is 308 g/mol. The fourth-order valence-corrected chi connectivity index (χ4v) is 5.14. The van der Waals surface area contributed by atoms with E-state index in [0.29, 0.717) is 5.54 Å². The number of likely N-dealkylation sites (tertiary alicyclic amines) is 1. The maximum absolute atomic E-state index is 2.76. The van der Waals surface area contributed by atoms with Gasteiger partial charge in [0.2, 0.25) is 0 Å². The number of hydrogen-bond acceptors (Lipinski definition) is 2. The molecule has 0 aliphatic carbocycles. The normalized spacial score (nSPS) is 28.2. The highest BCUT2D eigenvalue weighted by molar-refractivity contribution is 5.00. The second-order valence-corrected chi connectivity index (χ2v) is 8.92.